The molecule has 0 saturated carbocycles. The van der Waals surface area contributed by atoms with Crippen molar-refractivity contribution in [1.29, 1.82) is 0 Å². The molecule has 2 rings (SSSR count). The lowest BCUT2D eigenvalue weighted by Gasteiger charge is -2.08. The highest BCUT2D eigenvalue weighted by atomic mass is 79.9. The molecule has 1 amide bonds. The van der Waals surface area contributed by atoms with Gasteiger partial charge in [0.1, 0.15) is 0 Å². The van der Waals surface area contributed by atoms with Crippen molar-refractivity contribution in [2.24, 2.45) is 0 Å². The van der Waals surface area contributed by atoms with Crippen LogP contribution in [0.3, 0.4) is 0 Å². The number of nitrogens with two attached hydrogens (primary N) is 1. The average Bonchev–Trinajstić information content (AvgIpc) is 2.40. The number of halogens is 1. The van der Waals surface area contributed by atoms with Crippen LogP contribution in [0.5, 0.6) is 0 Å². The number of carbonyl (C=O) groups is 1. The summed E-state index contributed by atoms with van der Waals surface area (Å²) in [4.78, 5) is 12.0. The number of aryl methyl sites for hydroxylation is 1. The molecule has 0 fully saturated rings. The number of hydrogen-bond donors (Lipinski definition) is 2. The maximum atomic E-state index is 12.0. The largest absolute Gasteiger partial charge is 0.398 e. The summed E-state index contributed by atoms with van der Waals surface area (Å²) < 4.78 is 0.985. The van der Waals surface area contributed by atoms with Gasteiger partial charge in [0.15, 0.2) is 0 Å². The molecule has 4 heteroatoms. The number of nitrogen functional groups attached to an aromatic ring is 1. The summed E-state index contributed by atoms with van der Waals surface area (Å²) in [6.07, 6.45) is 0. The van der Waals surface area contributed by atoms with Crippen LogP contribution in [0.15, 0.2) is 46.9 Å². The minimum absolute atomic E-state index is 0.123. The first kappa shape index (κ1) is 13.6. The summed E-state index contributed by atoms with van der Waals surface area (Å²) in [6, 6.07) is 13.1. The second kappa shape index (κ2) is 5.89. The highest BCUT2D eigenvalue weighted by Gasteiger charge is 2.07. The van der Waals surface area contributed by atoms with E-state index >= 15 is 0 Å². The minimum Gasteiger partial charge on any atom is -0.398 e. The molecule has 0 unspecified atom stereocenters. The second-order valence-electron chi connectivity index (χ2n) is 4.35. The Morgan fingerprint density at radius 3 is 2.68 bits per heavy atom. The monoisotopic (exact) mass is 318 g/mol. The zero-order chi connectivity index (χ0) is 13.8. The van der Waals surface area contributed by atoms with Gasteiger partial charge in [0.25, 0.3) is 5.91 Å². The van der Waals surface area contributed by atoms with Gasteiger partial charge >= 0.3 is 0 Å². The first-order chi connectivity index (χ1) is 9.08. The van der Waals surface area contributed by atoms with Gasteiger partial charge in [0.2, 0.25) is 0 Å². The van der Waals surface area contributed by atoms with Crippen LogP contribution in [-0.4, -0.2) is 5.91 Å². The summed E-state index contributed by atoms with van der Waals surface area (Å²) in [5, 5.41) is 2.88. The number of hydrogen-bond acceptors (Lipinski definition) is 2. The average molecular weight is 319 g/mol. The van der Waals surface area contributed by atoms with Crippen LogP contribution in [-0.2, 0) is 6.54 Å². The number of benzene rings is 2. The normalized spacial score (nSPS) is 10.2. The molecule has 0 saturated heterocycles. The molecule has 0 heterocycles. The van der Waals surface area contributed by atoms with Gasteiger partial charge in [-0.3, -0.25) is 4.79 Å². The van der Waals surface area contributed by atoms with E-state index in [0.717, 1.165) is 15.6 Å². The van der Waals surface area contributed by atoms with Gasteiger partial charge in [-0.25, -0.2) is 0 Å². The lowest BCUT2D eigenvalue weighted by molar-refractivity contribution is 0.0951. The van der Waals surface area contributed by atoms with Crippen molar-refractivity contribution >= 4 is 27.5 Å². The molecule has 0 radical (unpaired) electrons. The van der Waals surface area contributed by atoms with E-state index in [2.05, 4.69) is 21.2 Å². The Bertz CT molecular complexity index is 611. The van der Waals surface area contributed by atoms with Crippen LogP contribution in [0, 0.1) is 6.92 Å². The second-order valence-corrected chi connectivity index (χ2v) is 5.20. The molecule has 2 aromatic rings. The van der Waals surface area contributed by atoms with Crippen LogP contribution in [0.2, 0.25) is 0 Å². The van der Waals surface area contributed by atoms with E-state index in [9.17, 15) is 4.79 Å². The quantitative estimate of drug-likeness (QED) is 0.853. The van der Waals surface area contributed by atoms with E-state index in [4.69, 9.17) is 5.73 Å². The lowest BCUT2D eigenvalue weighted by Crippen LogP contribution is -2.23. The molecular weight excluding hydrogens is 304 g/mol. The van der Waals surface area contributed by atoms with Crippen LogP contribution in [0.1, 0.15) is 21.5 Å². The van der Waals surface area contributed by atoms with Crippen LogP contribution in [0.4, 0.5) is 5.69 Å². The SMILES string of the molecule is Cc1ccc(C(=O)NCc2ccccc2Br)cc1N. The van der Waals surface area contributed by atoms with Crippen LogP contribution < -0.4 is 11.1 Å². The van der Waals surface area contributed by atoms with E-state index in [1.54, 1.807) is 12.1 Å². The van der Waals surface area contributed by atoms with Gasteiger partial charge in [0, 0.05) is 22.3 Å². The first-order valence-electron chi connectivity index (χ1n) is 5.95. The minimum atomic E-state index is -0.123. The van der Waals surface area contributed by atoms with E-state index in [0.29, 0.717) is 17.8 Å². The third kappa shape index (κ3) is 3.35. The summed E-state index contributed by atoms with van der Waals surface area (Å²) in [6.45, 7) is 2.39. The van der Waals surface area contributed by atoms with E-state index < -0.39 is 0 Å². The molecule has 98 valence electrons. The molecule has 0 bridgehead atoms. The molecule has 0 atom stereocenters. The number of amides is 1. The number of rotatable bonds is 3. The molecule has 3 N–H and O–H groups in total. The Morgan fingerprint density at radius 2 is 2.00 bits per heavy atom. The Balaban J connectivity index is 2.05. The molecule has 2 aromatic carbocycles. The van der Waals surface area contributed by atoms with Crippen LogP contribution in [0.25, 0.3) is 0 Å². The zero-order valence-corrected chi connectivity index (χ0v) is 12.2. The Hall–Kier alpha value is -1.81. The number of anilines is 1. The predicted molar refractivity (Wildman–Crippen MR) is 80.9 cm³/mol. The van der Waals surface area contributed by atoms with Crippen molar-refractivity contribution in [1.82, 2.24) is 5.32 Å². The maximum absolute atomic E-state index is 12.0. The fraction of sp³-hybridized carbons (Fsp3) is 0.133. The van der Waals surface area contributed by atoms with Gasteiger partial charge in [-0.2, -0.15) is 0 Å². The smallest absolute Gasteiger partial charge is 0.251 e. The molecule has 0 spiro atoms. The summed E-state index contributed by atoms with van der Waals surface area (Å²) >= 11 is 3.45. The van der Waals surface area contributed by atoms with Gasteiger partial charge in [-0.05, 0) is 36.2 Å². The number of carbonyl (C=O) groups excluding carboxylic acids is 1. The highest BCUT2D eigenvalue weighted by molar-refractivity contribution is 9.10. The lowest BCUT2D eigenvalue weighted by atomic mass is 10.1. The molecular formula is C15H15BrN2O. The molecule has 0 aliphatic carbocycles. The fourth-order valence-electron chi connectivity index (χ4n) is 1.70. The van der Waals surface area contributed by atoms with Crippen molar-refractivity contribution in [3.63, 3.8) is 0 Å². The zero-order valence-electron chi connectivity index (χ0n) is 10.6. The molecule has 0 aliphatic heterocycles. The predicted octanol–water partition coefficient (Wildman–Crippen LogP) is 3.27. The molecule has 0 aromatic heterocycles. The summed E-state index contributed by atoms with van der Waals surface area (Å²) in [5.74, 6) is -0.123. The highest BCUT2D eigenvalue weighted by Crippen LogP contribution is 2.16. The molecule has 3 nitrogen and oxygen atoms in total. The third-order valence-electron chi connectivity index (χ3n) is 2.94. The van der Waals surface area contributed by atoms with E-state index in [1.165, 1.54) is 0 Å². The number of nitrogens with one attached hydrogen (secondary N) is 1. The van der Waals surface area contributed by atoms with Crippen molar-refractivity contribution in [3.05, 3.63) is 63.6 Å². The third-order valence-corrected chi connectivity index (χ3v) is 3.71. The van der Waals surface area contributed by atoms with E-state index in [-0.39, 0.29) is 5.91 Å². The first-order valence-corrected chi connectivity index (χ1v) is 6.75. The van der Waals surface area contributed by atoms with Crippen molar-refractivity contribution in [2.75, 3.05) is 5.73 Å². The maximum Gasteiger partial charge on any atom is 0.251 e. The van der Waals surface area contributed by atoms with Gasteiger partial charge in [0.05, 0.1) is 0 Å². The Morgan fingerprint density at radius 1 is 1.26 bits per heavy atom. The molecule has 19 heavy (non-hydrogen) atoms. The Labute approximate surface area is 121 Å². The fourth-order valence-corrected chi connectivity index (χ4v) is 2.13. The van der Waals surface area contributed by atoms with Gasteiger partial charge in [-0.15, -0.1) is 0 Å². The standard InChI is InChI=1S/C15H15BrN2O/c1-10-6-7-11(8-14(10)17)15(19)18-9-12-4-2-3-5-13(12)16/h2-8H,9,17H2,1H3,(H,18,19). The van der Waals surface area contributed by atoms with Gasteiger partial charge in [-0.1, -0.05) is 40.2 Å². The van der Waals surface area contributed by atoms with Crippen molar-refractivity contribution in [2.45, 2.75) is 13.5 Å². The Kier molecular flexibility index (Phi) is 4.22. The summed E-state index contributed by atoms with van der Waals surface area (Å²) in [7, 11) is 0. The molecule has 0 aliphatic rings. The topological polar surface area (TPSA) is 55.1 Å². The van der Waals surface area contributed by atoms with Crippen molar-refractivity contribution < 1.29 is 4.79 Å². The van der Waals surface area contributed by atoms with Crippen molar-refractivity contribution in [3.8, 4) is 0 Å². The van der Waals surface area contributed by atoms with E-state index in [1.807, 2.05) is 37.3 Å². The van der Waals surface area contributed by atoms with Gasteiger partial charge < -0.3 is 11.1 Å². The van der Waals surface area contributed by atoms with Crippen LogP contribution >= 0.6 is 15.9 Å². The summed E-state index contributed by atoms with van der Waals surface area (Å²) in [5.41, 5.74) is 9.03.